The van der Waals surface area contributed by atoms with Crippen molar-refractivity contribution in [2.24, 2.45) is 5.73 Å². The summed E-state index contributed by atoms with van der Waals surface area (Å²) in [5, 5.41) is 0.703. The molecule has 1 unspecified atom stereocenters. The topological polar surface area (TPSA) is 46.3 Å². The smallest absolute Gasteiger partial charge is 0.239 e. The number of nitrogens with zero attached hydrogens (tertiary/aromatic N) is 1. The first-order chi connectivity index (χ1) is 8.16. The highest BCUT2D eigenvalue weighted by atomic mass is 35.5. The average molecular weight is 253 g/mol. The summed E-state index contributed by atoms with van der Waals surface area (Å²) in [5.74, 6) is 0.0578. The first kappa shape index (κ1) is 12.4. The van der Waals surface area contributed by atoms with Crippen molar-refractivity contribution in [1.29, 1.82) is 0 Å². The Kier molecular flexibility index (Phi) is 4.02. The molecule has 1 atom stereocenters. The quantitative estimate of drug-likeness (QED) is 0.877. The first-order valence-corrected chi connectivity index (χ1v) is 6.33. The molecule has 4 heteroatoms. The first-order valence-electron chi connectivity index (χ1n) is 5.95. The van der Waals surface area contributed by atoms with Crippen LogP contribution in [0.15, 0.2) is 24.3 Å². The van der Waals surface area contributed by atoms with Gasteiger partial charge in [0, 0.05) is 18.1 Å². The second-order valence-electron chi connectivity index (χ2n) is 4.49. The molecule has 1 aliphatic heterocycles. The predicted octanol–water partition coefficient (Wildman–Crippen LogP) is 2.18. The van der Waals surface area contributed by atoms with E-state index in [1.54, 1.807) is 0 Å². The summed E-state index contributed by atoms with van der Waals surface area (Å²) < 4.78 is 0. The fraction of sp³-hybridized carbons (Fsp3) is 0.462. The maximum absolute atomic E-state index is 12.0. The zero-order valence-electron chi connectivity index (χ0n) is 9.73. The SMILES string of the molecule is NC1CCCCN(Cc2cccc(Cl)c2)C1=O. The molecule has 92 valence electrons. The normalized spacial score (nSPS) is 21.4. The van der Waals surface area contributed by atoms with Crippen LogP contribution < -0.4 is 5.73 Å². The van der Waals surface area contributed by atoms with Crippen LogP contribution in [0, 0.1) is 0 Å². The maximum atomic E-state index is 12.0. The van der Waals surface area contributed by atoms with Crippen molar-refractivity contribution in [1.82, 2.24) is 4.90 Å². The summed E-state index contributed by atoms with van der Waals surface area (Å²) in [7, 11) is 0. The fourth-order valence-electron chi connectivity index (χ4n) is 2.15. The van der Waals surface area contributed by atoms with Crippen LogP contribution in [-0.4, -0.2) is 23.4 Å². The van der Waals surface area contributed by atoms with Gasteiger partial charge in [-0.05, 0) is 37.0 Å². The molecule has 2 N–H and O–H groups in total. The van der Waals surface area contributed by atoms with Crippen molar-refractivity contribution in [3.05, 3.63) is 34.9 Å². The molecule has 1 saturated heterocycles. The second kappa shape index (κ2) is 5.52. The van der Waals surface area contributed by atoms with Gasteiger partial charge in [-0.25, -0.2) is 0 Å². The van der Waals surface area contributed by atoms with Gasteiger partial charge in [0.05, 0.1) is 6.04 Å². The standard InChI is InChI=1S/C13H17ClN2O/c14-11-5-3-4-10(8-11)9-16-7-2-1-6-12(15)13(16)17/h3-5,8,12H,1-2,6-7,9,15H2. The molecule has 0 bridgehead atoms. The number of amides is 1. The molecule has 0 aliphatic carbocycles. The molecule has 1 fully saturated rings. The fourth-order valence-corrected chi connectivity index (χ4v) is 2.36. The summed E-state index contributed by atoms with van der Waals surface area (Å²) in [4.78, 5) is 13.8. The van der Waals surface area contributed by atoms with Crippen LogP contribution in [0.1, 0.15) is 24.8 Å². The van der Waals surface area contributed by atoms with Crippen LogP contribution in [0.3, 0.4) is 0 Å². The van der Waals surface area contributed by atoms with E-state index in [0.717, 1.165) is 31.4 Å². The second-order valence-corrected chi connectivity index (χ2v) is 4.93. The molecule has 2 rings (SSSR count). The Bertz CT molecular complexity index is 408. The molecular weight excluding hydrogens is 236 g/mol. The lowest BCUT2D eigenvalue weighted by Crippen LogP contribution is -2.41. The van der Waals surface area contributed by atoms with E-state index in [9.17, 15) is 4.79 Å². The predicted molar refractivity (Wildman–Crippen MR) is 68.7 cm³/mol. The van der Waals surface area contributed by atoms with Crippen LogP contribution in [0.2, 0.25) is 5.02 Å². The number of likely N-dealkylation sites (tertiary alicyclic amines) is 1. The van der Waals surface area contributed by atoms with Crippen LogP contribution in [0.4, 0.5) is 0 Å². The minimum Gasteiger partial charge on any atom is -0.337 e. The van der Waals surface area contributed by atoms with E-state index in [1.807, 2.05) is 29.2 Å². The zero-order chi connectivity index (χ0) is 12.3. The molecule has 3 nitrogen and oxygen atoms in total. The Hall–Kier alpha value is -1.06. The molecule has 0 aromatic heterocycles. The van der Waals surface area contributed by atoms with E-state index in [-0.39, 0.29) is 11.9 Å². The highest BCUT2D eigenvalue weighted by molar-refractivity contribution is 6.30. The van der Waals surface area contributed by atoms with Gasteiger partial charge < -0.3 is 10.6 Å². The molecule has 1 amide bonds. The third kappa shape index (κ3) is 3.20. The van der Waals surface area contributed by atoms with Gasteiger partial charge in [-0.3, -0.25) is 4.79 Å². The summed E-state index contributed by atoms with van der Waals surface area (Å²) in [6.07, 6.45) is 2.85. The largest absolute Gasteiger partial charge is 0.337 e. The zero-order valence-corrected chi connectivity index (χ0v) is 10.5. The molecule has 0 radical (unpaired) electrons. The van der Waals surface area contributed by atoms with Gasteiger partial charge in [-0.2, -0.15) is 0 Å². The molecule has 0 spiro atoms. The van der Waals surface area contributed by atoms with Crippen LogP contribution >= 0.6 is 11.6 Å². The minimum absolute atomic E-state index is 0.0578. The van der Waals surface area contributed by atoms with Gasteiger partial charge in [-0.15, -0.1) is 0 Å². The summed E-state index contributed by atoms with van der Waals surface area (Å²) in [5.41, 5.74) is 6.89. The Balaban J connectivity index is 2.08. The molecular formula is C13H17ClN2O. The Morgan fingerprint density at radius 3 is 3.00 bits per heavy atom. The van der Waals surface area contributed by atoms with Crippen LogP contribution in [-0.2, 0) is 11.3 Å². The van der Waals surface area contributed by atoms with Crippen molar-refractivity contribution >= 4 is 17.5 Å². The Labute approximate surface area is 107 Å². The Morgan fingerprint density at radius 1 is 1.41 bits per heavy atom. The van der Waals surface area contributed by atoms with Crippen molar-refractivity contribution in [2.45, 2.75) is 31.8 Å². The van der Waals surface area contributed by atoms with Crippen LogP contribution in [0.25, 0.3) is 0 Å². The number of carbonyl (C=O) groups is 1. The van der Waals surface area contributed by atoms with Crippen molar-refractivity contribution in [3.8, 4) is 0 Å². The number of nitrogens with two attached hydrogens (primary N) is 1. The van der Waals surface area contributed by atoms with E-state index in [1.165, 1.54) is 0 Å². The molecule has 0 saturated carbocycles. The number of hydrogen-bond donors (Lipinski definition) is 1. The van der Waals surface area contributed by atoms with Crippen molar-refractivity contribution in [3.63, 3.8) is 0 Å². The summed E-state index contributed by atoms with van der Waals surface area (Å²) >= 11 is 5.93. The minimum atomic E-state index is -0.336. The number of halogens is 1. The van der Waals surface area contributed by atoms with Crippen molar-refractivity contribution in [2.75, 3.05) is 6.54 Å². The molecule has 1 heterocycles. The van der Waals surface area contributed by atoms with Gasteiger partial charge in [0.15, 0.2) is 0 Å². The highest BCUT2D eigenvalue weighted by Gasteiger charge is 2.23. The Morgan fingerprint density at radius 2 is 2.24 bits per heavy atom. The van der Waals surface area contributed by atoms with E-state index in [4.69, 9.17) is 17.3 Å². The monoisotopic (exact) mass is 252 g/mol. The maximum Gasteiger partial charge on any atom is 0.239 e. The van der Waals surface area contributed by atoms with E-state index >= 15 is 0 Å². The third-order valence-electron chi connectivity index (χ3n) is 3.08. The molecule has 17 heavy (non-hydrogen) atoms. The number of rotatable bonds is 2. The third-order valence-corrected chi connectivity index (χ3v) is 3.32. The van der Waals surface area contributed by atoms with Gasteiger partial charge in [0.1, 0.15) is 0 Å². The van der Waals surface area contributed by atoms with Gasteiger partial charge in [0.25, 0.3) is 0 Å². The number of carbonyl (C=O) groups excluding carboxylic acids is 1. The highest BCUT2D eigenvalue weighted by Crippen LogP contribution is 2.16. The molecule has 1 aromatic rings. The van der Waals surface area contributed by atoms with Gasteiger partial charge in [-0.1, -0.05) is 23.7 Å². The molecule has 1 aliphatic rings. The van der Waals surface area contributed by atoms with Crippen molar-refractivity contribution < 1.29 is 4.79 Å². The van der Waals surface area contributed by atoms with E-state index in [2.05, 4.69) is 0 Å². The molecule has 1 aromatic carbocycles. The van der Waals surface area contributed by atoms with Crippen LogP contribution in [0.5, 0.6) is 0 Å². The average Bonchev–Trinajstić information content (AvgIpc) is 2.45. The lowest BCUT2D eigenvalue weighted by molar-refractivity contribution is -0.132. The lowest BCUT2D eigenvalue weighted by Gasteiger charge is -2.22. The van der Waals surface area contributed by atoms with E-state index in [0.29, 0.717) is 11.6 Å². The van der Waals surface area contributed by atoms with Gasteiger partial charge in [0.2, 0.25) is 5.91 Å². The van der Waals surface area contributed by atoms with E-state index < -0.39 is 0 Å². The number of hydrogen-bond acceptors (Lipinski definition) is 2. The summed E-state index contributed by atoms with van der Waals surface area (Å²) in [6.45, 7) is 1.39. The summed E-state index contributed by atoms with van der Waals surface area (Å²) in [6, 6.07) is 7.28. The van der Waals surface area contributed by atoms with Gasteiger partial charge >= 0.3 is 0 Å². The number of benzene rings is 1. The lowest BCUT2D eigenvalue weighted by atomic mass is 10.1.